The summed E-state index contributed by atoms with van der Waals surface area (Å²) in [7, 11) is 0. The molecule has 0 N–H and O–H groups in total. The van der Waals surface area contributed by atoms with E-state index in [0.29, 0.717) is 0 Å². The van der Waals surface area contributed by atoms with Crippen LogP contribution in [0.4, 0.5) is 0 Å². The van der Waals surface area contributed by atoms with E-state index in [0.717, 1.165) is 0 Å². The summed E-state index contributed by atoms with van der Waals surface area (Å²) in [6.07, 6.45) is 0. The van der Waals surface area contributed by atoms with Crippen LogP contribution < -0.4 is 0 Å². The van der Waals surface area contributed by atoms with Gasteiger partial charge < -0.3 is 0 Å². The van der Waals surface area contributed by atoms with Gasteiger partial charge in [-0.15, -0.1) is 0 Å². The molecule has 2 aliphatic rings. The molecule has 0 nitrogen and oxygen atoms in total. The van der Waals surface area contributed by atoms with Crippen molar-refractivity contribution in [1.29, 1.82) is 0 Å². The van der Waals surface area contributed by atoms with E-state index in [4.69, 9.17) is 0 Å². The van der Waals surface area contributed by atoms with Crippen LogP contribution in [0.25, 0.3) is 65.7 Å². The normalized spacial score (nSPS) is 14.0. The Hall–Kier alpha value is -5.20. The number of benzene rings is 8. The monoisotopic (exact) mass is 516 g/mol. The first-order valence-electron chi connectivity index (χ1n) is 14.4. The Morgan fingerprint density at radius 3 is 1.44 bits per heavy atom. The van der Waals surface area contributed by atoms with Gasteiger partial charge in [-0.05, 0) is 94.0 Å². The fourth-order valence-electron chi connectivity index (χ4n) is 8.25. The predicted molar refractivity (Wildman–Crippen MR) is 172 cm³/mol. The van der Waals surface area contributed by atoms with Crippen molar-refractivity contribution in [1.82, 2.24) is 0 Å². The van der Waals surface area contributed by atoms with E-state index in [1.165, 1.54) is 88.0 Å². The van der Waals surface area contributed by atoms with Gasteiger partial charge in [-0.1, -0.05) is 140 Å². The van der Waals surface area contributed by atoms with Crippen LogP contribution in [0.3, 0.4) is 0 Å². The minimum absolute atomic E-state index is 0.321. The SMILES string of the molecule is c1ccc2c(c1)-c1ccccc1C21c2ccccc2-c2ccc(-c3ccc4ccc5cccc6ccc3c4c56)cc21. The van der Waals surface area contributed by atoms with Gasteiger partial charge in [0.2, 0.25) is 0 Å². The molecule has 0 radical (unpaired) electrons. The van der Waals surface area contributed by atoms with Crippen LogP contribution in [0, 0.1) is 0 Å². The zero-order valence-electron chi connectivity index (χ0n) is 22.4. The Morgan fingerprint density at radius 2 is 0.805 bits per heavy atom. The lowest BCUT2D eigenvalue weighted by molar-refractivity contribution is 0.794. The molecular weight excluding hydrogens is 492 g/mol. The van der Waals surface area contributed by atoms with E-state index >= 15 is 0 Å². The number of fused-ring (bicyclic) bond motifs is 10. The molecule has 0 atom stereocenters. The van der Waals surface area contributed by atoms with E-state index in [1.54, 1.807) is 0 Å². The minimum Gasteiger partial charge on any atom is -0.0619 e. The Bertz CT molecular complexity index is 2290. The third-order valence-electron chi connectivity index (χ3n) is 9.84. The molecule has 8 aromatic rings. The van der Waals surface area contributed by atoms with Crippen LogP contribution in [0.2, 0.25) is 0 Å². The second-order valence-corrected chi connectivity index (χ2v) is 11.6. The molecule has 10 rings (SSSR count). The summed E-state index contributed by atoms with van der Waals surface area (Å²) in [5.41, 5.74) is 13.2. The maximum Gasteiger partial charge on any atom is 0.0725 e. The lowest BCUT2D eigenvalue weighted by Crippen LogP contribution is -2.25. The Labute approximate surface area is 238 Å². The average molecular weight is 517 g/mol. The van der Waals surface area contributed by atoms with E-state index in [9.17, 15) is 0 Å². The zero-order chi connectivity index (χ0) is 26.7. The molecule has 188 valence electrons. The lowest BCUT2D eigenvalue weighted by Gasteiger charge is -2.30. The molecule has 0 saturated heterocycles. The standard InChI is InChI=1S/C41H24/c1-4-13-35-30(10-1)31-11-2-5-14-36(31)41(35)37-15-6-3-12-32(37)33-22-20-28(24-38(33)41)29-21-18-27-17-16-25-8-7-9-26-19-23-34(29)40(27)39(25)26/h1-24H. The summed E-state index contributed by atoms with van der Waals surface area (Å²) >= 11 is 0. The summed E-state index contributed by atoms with van der Waals surface area (Å²) < 4.78 is 0. The van der Waals surface area contributed by atoms with E-state index in [1.807, 2.05) is 0 Å². The Morgan fingerprint density at radius 1 is 0.317 bits per heavy atom. The van der Waals surface area contributed by atoms with Crippen LogP contribution in [0.15, 0.2) is 146 Å². The molecule has 0 fully saturated rings. The first-order chi connectivity index (χ1) is 20.3. The summed E-state index contributed by atoms with van der Waals surface area (Å²) in [5, 5.41) is 7.97. The zero-order valence-corrected chi connectivity index (χ0v) is 22.4. The second-order valence-electron chi connectivity index (χ2n) is 11.6. The summed E-state index contributed by atoms with van der Waals surface area (Å²) in [6, 6.07) is 54.8. The van der Waals surface area contributed by atoms with Gasteiger partial charge in [0.05, 0.1) is 5.41 Å². The maximum atomic E-state index is 2.50. The van der Waals surface area contributed by atoms with E-state index in [2.05, 4.69) is 146 Å². The highest BCUT2D eigenvalue weighted by molar-refractivity contribution is 6.25. The van der Waals surface area contributed by atoms with Gasteiger partial charge in [-0.2, -0.15) is 0 Å². The quantitative estimate of drug-likeness (QED) is 0.190. The van der Waals surface area contributed by atoms with Crippen molar-refractivity contribution < 1.29 is 0 Å². The van der Waals surface area contributed by atoms with Crippen LogP contribution in [0.5, 0.6) is 0 Å². The maximum absolute atomic E-state index is 2.50. The Balaban J connectivity index is 1.32. The fraction of sp³-hybridized carbons (Fsp3) is 0.0244. The van der Waals surface area contributed by atoms with E-state index < -0.39 is 0 Å². The highest BCUT2D eigenvalue weighted by Gasteiger charge is 2.51. The van der Waals surface area contributed by atoms with Gasteiger partial charge in [-0.25, -0.2) is 0 Å². The van der Waals surface area contributed by atoms with Crippen LogP contribution in [-0.4, -0.2) is 0 Å². The second kappa shape index (κ2) is 7.50. The fourth-order valence-corrected chi connectivity index (χ4v) is 8.25. The van der Waals surface area contributed by atoms with Gasteiger partial charge in [0.15, 0.2) is 0 Å². The van der Waals surface area contributed by atoms with Crippen LogP contribution >= 0.6 is 0 Å². The van der Waals surface area contributed by atoms with Crippen molar-refractivity contribution in [2.75, 3.05) is 0 Å². The third kappa shape index (κ3) is 2.52. The highest BCUT2D eigenvalue weighted by Crippen LogP contribution is 2.63. The topological polar surface area (TPSA) is 0 Å². The molecule has 8 aromatic carbocycles. The number of hydrogen-bond donors (Lipinski definition) is 0. The predicted octanol–water partition coefficient (Wildman–Crippen LogP) is 10.6. The molecule has 0 saturated carbocycles. The minimum atomic E-state index is -0.321. The lowest BCUT2D eigenvalue weighted by atomic mass is 9.70. The van der Waals surface area contributed by atoms with Gasteiger partial charge >= 0.3 is 0 Å². The first-order valence-corrected chi connectivity index (χ1v) is 14.4. The molecule has 1 spiro atoms. The highest BCUT2D eigenvalue weighted by atomic mass is 14.5. The van der Waals surface area contributed by atoms with Gasteiger partial charge in [0, 0.05) is 0 Å². The Kier molecular flexibility index (Phi) is 3.95. The third-order valence-corrected chi connectivity index (χ3v) is 9.84. The van der Waals surface area contributed by atoms with Crippen molar-refractivity contribution in [3.8, 4) is 33.4 Å². The molecule has 0 bridgehead atoms. The molecule has 0 aliphatic heterocycles. The molecule has 0 heterocycles. The van der Waals surface area contributed by atoms with Crippen molar-refractivity contribution in [3.05, 3.63) is 168 Å². The van der Waals surface area contributed by atoms with E-state index in [-0.39, 0.29) is 5.41 Å². The van der Waals surface area contributed by atoms with Gasteiger partial charge in [0.1, 0.15) is 0 Å². The molecule has 0 heteroatoms. The van der Waals surface area contributed by atoms with Crippen molar-refractivity contribution >= 4 is 32.3 Å². The molecule has 2 aliphatic carbocycles. The first kappa shape index (κ1) is 21.6. The summed E-state index contributed by atoms with van der Waals surface area (Å²) in [5.74, 6) is 0. The molecule has 0 amide bonds. The smallest absolute Gasteiger partial charge is 0.0619 e. The molecule has 41 heavy (non-hydrogen) atoms. The number of hydrogen-bond acceptors (Lipinski definition) is 0. The van der Waals surface area contributed by atoms with Crippen molar-refractivity contribution in [2.45, 2.75) is 5.41 Å². The number of rotatable bonds is 1. The summed E-state index contributed by atoms with van der Waals surface area (Å²) in [6.45, 7) is 0. The van der Waals surface area contributed by atoms with Gasteiger partial charge in [0.25, 0.3) is 0 Å². The molecule has 0 unspecified atom stereocenters. The van der Waals surface area contributed by atoms with Crippen LogP contribution in [0.1, 0.15) is 22.3 Å². The molecular formula is C41H24. The van der Waals surface area contributed by atoms with Gasteiger partial charge in [-0.3, -0.25) is 0 Å². The molecule has 0 aromatic heterocycles. The van der Waals surface area contributed by atoms with Crippen LogP contribution in [-0.2, 0) is 5.41 Å². The summed E-state index contributed by atoms with van der Waals surface area (Å²) in [4.78, 5) is 0. The van der Waals surface area contributed by atoms with Crippen molar-refractivity contribution in [3.63, 3.8) is 0 Å². The largest absolute Gasteiger partial charge is 0.0725 e. The average Bonchev–Trinajstić information content (AvgIpc) is 3.51. The van der Waals surface area contributed by atoms with Crippen molar-refractivity contribution in [2.24, 2.45) is 0 Å².